The number of aliphatic hydroxyl groups excluding tert-OH is 1. The smallest absolute Gasteiger partial charge is 0.295 e. The Hall–Kier alpha value is -3.08. The van der Waals surface area contributed by atoms with Crippen molar-refractivity contribution in [2.75, 3.05) is 13.2 Å². The van der Waals surface area contributed by atoms with Crippen LogP contribution < -0.4 is 4.74 Å². The number of rotatable bonds is 7. The average molecular weight is 422 g/mol. The van der Waals surface area contributed by atoms with Crippen molar-refractivity contribution in [3.05, 3.63) is 70.3 Å². The first-order chi connectivity index (χ1) is 14.8. The van der Waals surface area contributed by atoms with E-state index in [0.29, 0.717) is 24.6 Å². The lowest BCUT2D eigenvalue weighted by Crippen LogP contribution is -2.30. The molecular formula is C26H31NO4. The third-order valence-corrected chi connectivity index (χ3v) is 5.51. The number of ether oxygens (including phenoxy) is 1. The van der Waals surface area contributed by atoms with Gasteiger partial charge in [-0.25, -0.2) is 0 Å². The van der Waals surface area contributed by atoms with Gasteiger partial charge >= 0.3 is 0 Å². The van der Waals surface area contributed by atoms with Gasteiger partial charge in [-0.2, -0.15) is 0 Å². The highest BCUT2D eigenvalue weighted by atomic mass is 16.5. The third kappa shape index (κ3) is 4.50. The number of amides is 1. The molecule has 5 heteroatoms. The number of carbonyl (C=O) groups excluding carboxylic acids is 2. The van der Waals surface area contributed by atoms with E-state index in [2.05, 4.69) is 13.8 Å². The summed E-state index contributed by atoms with van der Waals surface area (Å²) in [6, 6.07) is 12.4. The van der Waals surface area contributed by atoms with E-state index in [1.165, 1.54) is 0 Å². The number of aliphatic hydroxyl groups is 1. The van der Waals surface area contributed by atoms with Crippen molar-refractivity contribution >= 4 is 17.4 Å². The van der Waals surface area contributed by atoms with E-state index < -0.39 is 17.7 Å². The van der Waals surface area contributed by atoms with Crippen molar-refractivity contribution in [3.8, 4) is 5.75 Å². The van der Waals surface area contributed by atoms with E-state index in [-0.39, 0.29) is 11.3 Å². The van der Waals surface area contributed by atoms with Crippen LogP contribution in [0.4, 0.5) is 0 Å². The molecular weight excluding hydrogens is 390 g/mol. The summed E-state index contributed by atoms with van der Waals surface area (Å²) in [5, 5.41) is 11.2. The van der Waals surface area contributed by atoms with Gasteiger partial charge < -0.3 is 14.7 Å². The van der Waals surface area contributed by atoms with E-state index >= 15 is 0 Å². The molecule has 0 aliphatic carbocycles. The minimum Gasteiger partial charge on any atom is -0.507 e. The van der Waals surface area contributed by atoms with E-state index in [1.54, 1.807) is 23.1 Å². The quantitative estimate of drug-likeness (QED) is 0.380. The maximum absolute atomic E-state index is 13.0. The molecule has 1 saturated heterocycles. The van der Waals surface area contributed by atoms with Crippen molar-refractivity contribution in [3.63, 3.8) is 0 Å². The van der Waals surface area contributed by atoms with Gasteiger partial charge in [-0.15, -0.1) is 0 Å². The number of nitrogens with zero attached hydrogens (tertiary/aromatic N) is 1. The van der Waals surface area contributed by atoms with Crippen LogP contribution in [0.2, 0.25) is 0 Å². The topological polar surface area (TPSA) is 66.8 Å². The fraction of sp³-hybridized carbons (Fsp3) is 0.385. The number of Topliss-reactive ketones (excluding diaryl/α,β-unsaturated/α-hetero) is 1. The van der Waals surface area contributed by atoms with Crippen LogP contribution in [-0.4, -0.2) is 34.8 Å². The second kappa shape index (κ2) is 9.38. The number of likely N-dealkylation sites (tertiary alicyclic amines) is 1. The molecule has 5 nitrogen and oxygen atoms in total. The van der Waals surface area contributed by atoms with Crippen LogP contribution in [0, 0.1) is 19.8 Å². The lowest BCUT2D eigenvalue weighted by molar-refractivity contribution is -0.139. The highest BCUT2D eigenvalue weighted by Crippen LogP contribution is 2.40. The molecule has 0 radical (unpaired) electrons. The molecule has 1 aliphatic rings. The van der Waals surface area contributed by atoms with E-state index in [1.807, 2.05) is 45.0 Å². The minimum absolute atomic E-state index is 0.142. The average Bonchev–Trinajstić information content (AvgIpc) is 2.97. The van der Waals surface area contributed by atoms with Gasteiger partial charge in [0.15, 0.2) is 0 Å². The standard InChI is InChI=1S/C26H31NO4/c1-6-13-27-23(20-10-8-7-9-17(20)4)22(25(29)26(27)30)24(28)19-11-12-21(18(5)14-19)31-15-16(2)3/h7-12,14,16,23,28H,6,13,15H2,1-5H3/b24-22+. The molecule has 1 heterocycles. The van der Waals surface area contributed by atoms with Crippen molar-refractivity contribution in [2.45, 2.75) is 47.1 Å². The molecule has 0 bridgehead atoms. The van der Waals surface area contributed by atoms with E-state index in [9.17, 15) is 14.7 Å². The Labute approximate surface area is 184 Å². The lowest BCUT2D eigenvalue weighted by Gasteiger charge is -2.26. The Morgan fingerprint density at radius 2 is 1.81 bits per heavy atom. The van der Waals surface area contributed by atoms with Crippen molar-refractivity contribution in [1.82, 2.24) is 4.90 Å². The molecule has 0 aromatic heterocycles. The summed E-state index contributed by atoms with van der Waals surface area (Å²) >= 11 is 0. The Kier molecular flexibility index (Phi) is 6.84. The highest BCUT2D eigenvalue weighted by Gasteiger charge is 2.46. The molecule has 1 amide bonds. The molecule has 1 atom stereocenters. The normalized spacial score (nSPS) is 18.1. The number of hydrogen-bond donors (Lipinski definition) is 1. The van der Waals surface area contributed by atoms with Crippen LogP contribution in [0.25, 0.3) is 5.76 Å². The molecule has 164 valence electrons. The Bertz CT molecular complexity index is 1020. The fourth-order valence-electron chi connectivity index (χ4n) is 3.94. The fourth-order valence-corrected chi connectivity index (χ4v) is 3.94. The van der Waals surface area contributed by atoms with Crippen molar-refractivity contribution in [1.29, 1.82) is 0 Å². The zero-order valence-corrected chi connectivity index (χ0v) is 18.9. The van der Waals surface area contributed by atoms with Crippen molar-refractivity contribution < 1.29 is 19.4 Å². The van der Waals surface area contributed by atoms with Crippen LogP contribution in [-0.2, 0) is 9.59 Å². The molecule has 31 heavy (non-hydrogen) atoms. The third-order valence-electron chi connectivity index (χ3n) is 5.51. The molecule has 2 aromatic rings. The van der Waals surface area contributed by atoms with E-state index in [4.69, 9.17) is 4.74 Å². The first-order valence-electron chi connectivity index (χ1n) is 10.8. The lowest BCUT2D eigenvalue weighted by atomic mass is 9.92. The van der Waals surface area contributed by atoms with Crippen LogP contribution >= 0.6 is 0 Å². The SMILES string of the molecule is CCCN1C(=O)C(=O)/C(=C(/O)c2ccc(OCC(C)C)c(C)c2)C1c1ccccc1C. The molecule has 0 saturated carbocycles. The molecule has 0 spiro atoms. The number of carbonyl (C=O) groups is 2. The van der Waals surface area contributed by atoms with Crippen LogP contribution in [0.3, 0.4) is 0 Å². The first-order valence-corrected chi connectivity index (χ1v) is 10.8. The number of ketones is 1. The summed E-state index contributed by atoms with van der Waals surface area (Å²) in [7, 11) is 0. The molecule has 1 aliphatic heterocycles. The Morgan fingerprint density at radius 1 is 1.10 bits per heavy atom. The zero-order valence-electron chi connectivity index (χ0n) is 18.9. The maximum Gasteiger partial charge on any atom is 0.295 e. The monoisotopic (exact) mass is 421 g/mol. The Morgan fingerprint density at radius 3 is 2.42 bits per heavy atom. The van der Waals surface area contributed by atoms with Gasteiger partial charge in [-0.3, -0.25) is 9.59 Å². The van der Waals surface area contributed by atoms with Crippen LogP contribution in [0.1, 0.15) is 55.5 Å². The summed E-state index contributed by atoms with van der Waals surface area (Å²) in [5.41, 5.74) is 3.32. The first kappa shape index (κ1) is 22.6. The molecule has 1 N–H and O–H groups in total. The largest absolute Gasteiger partial charge is 0.507 e. The number of aryl methyl sites for hydroxylation is 2. The summed E-state index contributed by atoms with van der Waals surface area (Å²) < 4.78 is 5.82. The number of hydrogen-bond acceptors (Lipinski definition) is 4. The van der Waals surface area contributed by atoms with Crippen LogP contribution in [0.5, 0.6) is 5.75 Å². The second-order valence-corrected chi connectivity index (χ2v) is 8.53. The van der Waals surface area contributed by atoms with E-state index in [0.717, 1.165) is 28.9 Å². The zero-order chi connectivity index (χ0) is 22.7. The van der Waals surface area contributed by atoms with Gasteiger partial charge in [0.2, 0.25) is 0 Å². The van der Waals surface area contributed by atoms with Crippen molar-refractivity contribution in [2.24, 2.45) is 5.92 Å². The molecule has 1 unspecified atom stereocenters. The molecule has 3 rings (SSSR count). The van der Waals surface area contributed by atoms with Gasteiger partial charge in [0, 0.05) is 12.1 Å². The summed E-state index contributed by atoms with van der Waals surface area (Å²) in [5.74, 6) is -0.214. The number of benzene rings is 2. The van der Waals surface area contributed by atoms with Gasteiger partial charge in [0.25, 0.3) is 11.7 Å². The summed E-state index contributed by atoms with van der Waals surface area (Å²) in [6.07, 6.45) is 0.719. The van der Waals surface area contributed by atoms with Gasteiger partial charge in [-0.1, -0.05) is 45.0 Å². The summed E-state index contributed by atoms with van der Waals surface area (Å²) in [6.45, 7) is 11.0. The summed E-state index contributed by atoms with van der Waals surface area (Å²) in [4.78, 5) is 27.4. The predicted octanol–water partition coefficient (Wildman–Crippen LogP) is 5.17. The molecule has 1 fully saturated rings. The maximum atomic E-state index is 13.0. The second-order valence-electron chi connectivity index (χ2n) is 8.53. The van der Waals surface area contributed by atoms with Gasteiger partial charge in [0.05, 0.1) is 18.2 Å². The van der Waals surface area contributed by atoms with Crippen LogP contribution in [0.15, 0.2) is 48.0 Å². The Balaban J connectivity index is 2.10. The predicted molar refractivity (Wildman–Crippen MR) is 122 cm³/mol. The van der Waals surface area contributed by atoms with Gasteiger partial charge in [-0.05, 0) is 61.1 Å². The highest BCUT2D eigenvalue weighted by molar-refractivity contribution is 6.46. The van der Waals surface area contributed by atoms with Gasteiger partial charge in [0.1, 0.15) is 11.5 Å². The molecule has 2 aromatic carbocycles. The minimum atomic E-state index is -0.642.